The SMILES string of the molecule is COCOc1ccc(-c2ccc3c(c2)CCCC3NC(=O)O[C@H]2CN3CCC2CC3)cc1. The van der Waals surface area contributed by atoms with Gasteiger partial charge in [0.05, 0.1) is 6.04 Å². The number of rotatable bonds is 6. The minimum absolute atomic E-state index is 0.0196. The van der Waals surface area contributed by atoms with Crippen LogP contribution in [0.4, 0.5) is 4.79 Å². The van der Waals surface area contributed by atoms with Crippen LogP contribution >= 0.6 is 0 Å². The first kappa shape index (κ1) is 21.3. The molecule has 6 nitrogen and oxygen atoms in total. The number of alkyl carbamates (subject to hydrolysis) is 1. The van der Waals surface area contributed by atoms with Crippen molar-refractivity contribution in [3.63, 3.8) is 0 Å². The lowest BCUT2D eigenvalue weighted by Gasteiger charge is -2.44. The normalized spacial score (nSPS) is 26.3. The van der Waals surface area contributed by atoms with Gasteiger partial charge in [0.15, 0.2) is 6.79 Å². The Morgan fingerprint density at radius 1 is 1.06 bits per heavy atom. The summed E-state index contributed by atoms with van der Waals surface area (Å²) in [6, 6.07) is 14.6. The summed E-state index contributed by atoms with van der Waals surface area (Å²) in [5.74, 6) is 1.32. The van der Waals surface area contributed by atoms with Crippen LogP contribution in [0.1, 0.15) is 42.9 Å². The van der Waals surface area contributed by atoms with Gasteiger partial charge in [-0.05, 0) is 85.5 Å². The van der Waals surface area contributed by atoms with Crippen molar-refractivity contribution in [1.29, 1.82) is 0 Å². The Labute approximate surface area is 189 Å². The molecule has 1 unspecified atom stereocenters. The maximum Gasteiger partial charge on any atom is 0.407 e. The van der Waals surface area contributed by atoms with Gasteiger partial charge in [0.25, 0.3) is 0 Å². The minimum Gasteiger partial charge on any atom is -0.468 e. The molecule has 2 aromatic carbocycles. The predicted octanol–water partition coefficient (Wildman–Crippen LogP) is 4.53. The number of amides is 1. The predicted molar refractivity (Wildman–Crippen MR) is 123 cm³/mol. The van der Waals surface area contributed by atoms with Gasteiger partial charge in [-0.25, -0.2) is 4.79 Å². The molecular formula is C26H32N2O4. The fourth-order valence-corrected chi connectivity index (χ4v) is 5.37. The molecule has 4 aliphatic rings. The number of nitrogens with zero attached hydrogens (tertiary/aromatic N) is 1. The number of nitrogens with one attached hydrogen (secondary N) is 1. The van der Waals surface area contributed by atoms with Crippen LogP contribution in [0.5, 0.6) is 5.75 Å². The third-order valence-electron chi connectivity index (χ3n) is 7.14. The highest BCUT2D eigenvalue weighted by Crippen LogP contribution is 2.34. The lowest BCUT2D eigenvalue weighted by Crippen LogP contribution is -2.52. The van der Waals surface area contributed by atoms with Crippen molar-refractivity contribution in [2.24, 2.45) is 5.92 Å². The highest BCUT2D eigenvalue weighted by Gasteiger charge is 2.37. The summed E-state index contributed by atoms with van der Waals surface area (Å²) >= 11 is 0. The van der Waals surface area contributed by atoms with Crippen LogP contribution < -0.4 is 10.1 Å². The molecule has 3 fully saturated rings. The minimum atomic E-state index is -0.266. The smallest absolute Gasteiger partial charge is 0.407 e. The molecule has 6 heteroatoms. The number of ether oxygens (including phenoxy) is 3. The highest BCUT2D eigenvalue weighted by molar-refractivity contribution is 5.69. The summed E-state index contributed by atoms with van der Waals surface area (Å²) in [5, 5.41) is 3.16. The Hall–Kier alpha value is -2.57. The molecule has 3 saturated heterocycles. The molecule has 1 aliphatic carbocycles. The molecule has 0 saturated carbocycles. The van der Waals surface area contributed by atoms with Gasteiger partial charge in [-0.3, -0.25) is 4.90 Å². The molecule has 170 valence electrons. The molecule has 32 heavy (non-hydrogen) atoms. The van der Waals surface area contributed by atoms with E-state index in [0.717, 1.165) is 63.1 Å². The van der Waals surface area contributed by atoms with E-state index in [2.05, 4.69) is 40.5 Å². The zero-order valence-electron chi connectivity index (χ0n) is 18.7. The molecule has 0 radical (unpaired) electrons. The van der Waals surface area contributed by atoms with Crippen LogP contribution in [0.15, 0.2) is 42.5 Å². The zero-order valence-corrected chi connectivity index (χ0v) is 18.7. The molecule has 0 aromatic heterocycles. The van der Waals surface area contributed by atoms with Gasteiger partial charge in [-0.15, -0.1) is 0 Å². The zero-order chi connectivity index (χ0) is 21.9. The van der Waals surface area contributed by atoms with Gasteiger partial charge >= 0.3 is 6.09 Å². The molecular weight excluding hydrogens is 404 g/mol. The number of carbonyl (C=O) groups excluding carboxylic acids is 1. The van der Waals surface area contributed by atoms with E-state index in [1.165, 1.54) is 16.7 Å². The standard InChI is InChI=1S/C26H32N2O4/c1-30-17-31-22-8-5-18(6-9-22)20-7-10-23-21(15-20)3-2-4-24(23)27-26(29)32-25-16-28-13-11-19(25)12-14-28/h5-10,15,19,24-25H,2-4,11-14,16-17H2,1H3,(H,27,29)/t24?,25-/m0/s1. The summed E-state index contributed by atoms with van der Waals surface area (Å²) in [6.07, 6.45) is 5.11. The Balaban J connectivity index is 1.24. The molecule has 1 N–H and O–H groups in total. The Kier molecular flexibility index (Phi) is 6.32. The van der Waals surface area contributed by atoms with Gasteiger partial charge < -0.3 is 19.5 Å². The molecule has 6 rings (SSSR count). The van der Waals surface area contributed by atoms with Gasteiger partial charge in [0.1, 0.15) is 11.9 Å². The first-order valence-electron chi connectivity index (χ1n) is 11.7. The number of hydrogen-bond donors (Lipinski definition) is 1. The molecule has 2 atom stereocenters. The third-order valence-corrected chi connectivity index (χ3v) is 7.14. The fourth-order valence-electron chi connectivity index (χ4n) is 5.37. The van der Waals surface area contributed by atoms with E-state index in [1.54, 1.807) is 7.11 Å². The molecule has 2 bridgehead atoms. The van der Waals surface area contributed by atoms with Crippen LogP contribution in [0.3, 0.4) is 0 Å². The second-order valence-electron chi connectivity index (χ2n) is 9.16. The molecule has 3 heterocycles. The van der Waals surface area contributed by atoms with Crippen molar-refractivity contribution in [2.75, 3.05) is 33.5 Å². The van der Waals surface area contributed by atoms with E-state index in [0.29, 0.717) is 5.92 Å². The Morgan fingerprint density at radius 2 is 1.84 bits per heavy atom. The van der Waals surface area contributed by atoms with E-state index < -0.39 is 0 Å². The van der Waals surface area contributed by atoms with E-state index in [9.17, 15) is 4.79 Å². The number of fused-ring (bicyclic) bond motifs is 4. The Morgan fingerprint density at radius 3 is 2.56 bits per heavy atom. The van der Waals surface area contributed by atoms with Gasteiger partial charge in [0, 0.05) is 13.7 Å². The monoisotopic (exact) mass is 436 g/mol. The van der Waals surface area contributed by atoms with Crippen molar-refractivity contribution in [2.45, 2.75) is 44.2 Å². The number of methoxy groups -OCH3 is 1. The van der Waals surface area contributed by atoms with Crippen molar-refractivity contribution in [1.82, 2.24) is 10.2 Å². The maximum absolute atomic E-state index is 12.7. The van der Waals surface area contributed by atoms with Crippen molar-refractivity contribution in [3.8, 4) is 16.9 Å². The lowest BCUT2D eigenvalue weighted by atomic mass is 9.85. The highest BCUT2D eigenvalue weighted by atomic mass is 16.7. The van der Waals surface area contributed by atoms with Crippen LogP contribution in [-0.4, -0.2) is 50.6 Å². The van der Waals surface area contributed by atoms with Crippen LogP contribution in [-0.2, 0) is 15.9 Å². The number of hydrogen-bond acceptors (Lipinski definition) is 5. The third kappa shape index (κ3) is 4.62. The summed E-state index contributed by atoms with van der Waals surface area (Å²) in [5.41, 5.74) is 4.85. The Bertz CT molecular complexity index is 937. The second kappa shape index (κ2) is 9.51. The van der Waals surface area contributed by atoms with Crippen molar-refractivity contribution >= 4 is 6.09 Å². The average molecular weight is 437 g/mol. The van der Waals surface area contributed by atoms with E-state index in [1.807, 2.05) is 12.1 Å². The van der Waals surface area contributed by atoms with Crippen LogP contribution in [0.2, 0.25) is 0 Å². The van der Waals surface area contributed by atoms with E-state index >= 15 is 0 Å². The number of carbonyl (C=O) groups is 1. The van der Waals surface area contributed by atoms with Crippen molar-refractivity contribution < 1.29 is 19.0 Å². The fraction of sp³-hybridized carbons (Fsp3) is 0.500. The summed E-state index contributed by atoms with van der Waals surface area (Å²) in [4.78, 5) is 15.1. The van der Waals surface area contributed by atoms with Gasteiger partial charge in [-0.2, -0.15) is 0 Å². The van der Waals surface area contributed by atoms with Crippen LogP contribution in [0.25, 0.3) is 11.1 Å². The van der Waals surface area contributed by atoms with E-state index in [-0.39, 0.29) is 25.0 Å². The molecule has 2 aromatic rings. The number of piperidine rings is 3. The molecule has 1 amide bonds. The first-order valence-corrected chi connectivity index (χ1v) is 11.7. The quantitative estimate of drug-likeness (QED) is 0.674. The maximum atomic E-state index is 12.7. The second-order valence-corrected chi connectivity index (χ2v) is 9.16. The molecule has 3 aliphatic heterocycles. The first-order chi connectivity index (χ1) is 15.7. The van der Waals surface area contributed by atoms with Gasteiger partial charge in [-0.1, -0.05) is 30.3 Å². The number of aryl methyl sites for hydroxylation is 1. The van der Waals surface area contributed by atoms with Crippen LogP contribution in [0, 0.1) is 5.92 Å². The lowest BCUT2D eigenvalue weighted by molar-refractivity contribution is -0.0340. The largest absolute Gasteiger partial charge is 0.468 e. The average Bonchev–Trinajstić information content (AvgIpc) is 2.83. The molecule has 0 spiro atoms. The van der Waals surface area contributed by atoms with E-state index in [4.69, 9.17) is 14.2 Å². The topological polar surface area (TPSA) is 60.0 Å². The summed E-state index contributed by atoms with van der Waals surface area (Å²) < 4.78 is 16.3. The van der Waals surface area contributed by atoms with Crippen molar-refractivity contribution in [3.05, 3.63) is 53.6 Å². The summed E-state index contributed by atoms with van der Waals surface area (Å²) in [7, 11) is 1.61. The summed E-state index contributed by atoms with van der Waals surface area (Å²) in [6.45, 7) is 3.42. The number of benzene rings is 2. The van der Waals surface area contributed by atoms with Gasteiger partial charge in [0.2, 0.25) is 0 Å².